The molecule has 9 nitrogen and oxygen atoms in total. The molecule has 0 spiro atoms. The first-order chi connectivity index (χ1) is 20.8. The third-order valence-electron chi connectivity index (χ3n) is 6.66. The number of imide groups is 1. The Morgan fingerprint density at radius 2 is 1.84 bits per heavy atom. The number of para-hydroxylation sites is 2. The van der Waals surface area contributed by atoms with Crippen LogP contribution in [0, 0.1) is 3.57 Å². The highest BCUT2D eigenvalue weighted by Gasteiger charge is 2.36. The van der Waals surface area contributed by atoms with Crippen LogP contribution in [0.5, 0.6) is 11.5 Å². The molecule has 2 fully saturated rings. The van der Waals surface area contributed by atoms with Gasteiger partial charge in [-0.1, -0.05) is 41.9 Å². The zero-order valence-electron chi connectivity index (χ0n) is 23.3. The van der Waals surface area contributed by atoms with Gasteiger partial charge in [0.2, 0.25) is 5.91 Å². The van der Waals surface area contributed by atoms with Gasteiger partial charge in [0.25, 0.3) is 11.1 Å². The van der Waals surface area contributed by atoms with E-state index in [0.29, 0.717) is 60.7 Å². The quantitative estimate of drug-likeness (QED) is 0.188. The Balaban J connectivity index is 1.28. The van der Waals surface area contributed by atoms with Gasteiger partial charge in [0.15, 0.2) is 11.5 Å². The molecule has 0 aliphatic carbocycles. The number of hydrogen-bond donors (Lipinski definition) is 1. The van der Waals surface area contributed by atoms with E-state index >= 15 is 0 Å². The lowest BCUT2D eigenvalue weighted by molar-refractivity contribution is -0.127. The summed E-state index contributed by atoms with van der Waals surface area (Å²) in [5.41, 5.74) is 2.99. The molecular weight excluding hydrogens is 705 g/mol. The summed E-state index contributed by atoms with van der Waals surface area (Å²) in [6, 6.07) is 18.5. The smallest absolute Gasteiger partial charge is 0.294 e. The first-order valence-electron chi connectivity index (χ1n) is 13.6. The second-order valence-corrected chi connectivity index (χ2v) is 12.1. The summed E-state index contributed by atoms with van der Waals surface area (Å²) in [7, 11) is 0. The summed E-state index contributed by atoms with van der Waals surface area (Å²) in [6.45, 7) is 4.76. The maximum atomic E-state index is 13.2. The minimum absolute atomic E-state index is 0.217. The number of hydrogen-bond acceptors (Lipinski definition) is 8. The third kappa shape index (κ3) is 7.64. The Morgan fingerprint density at radius 3 is 2.60 bits per heavy atom. The molecular formula is C31H29ClIN3O6S. The van der Waals surface area contributed by atoms with Gasteiger partial charge in [-0.2, -0.15) is 0 Å². The molecule has 1 N–H and O–H groups in total. The van der Waals surface area contributed by atoms with Crippen molar-refractivity contribution in [1.29, 1.82) is 0 Å². The van der Waals surface area contributed by atoms with E-state index in [9.17, 15) is 14.4 Å². The standard InChI is InChI=1S/C31H29ClIN3O6S/c1-2-41-26-16-20(15-23(33)29(26)42-19-21-7-3-4-8-22(21)32)17-27-30(38)36(31(39)43-27)18-28(37)34-24-9-5-6-10-25(24)35-11-13-40-14-12-35/h3-10,15-17H,2,11-14,18-19H2,1H3,(H,34,37)/b27-17+. The second kappa shape index (κ2) is 14.5. The number of halogens is 2. The average Bonchev–Trinajstić information content (AvgIpc) is 3.25. The van der Waals surface area contributed by atoms with Crippen LogP contribution in [0.2, 0.25) is 5.02 Å². The highest BCUT2D eigenvalue weighted by atomic mass is 127. The van der Waals surface area contributed by atoms with Crippen LogP contribution in [0.15, 0.2) is 65.6 Å². The number of anilines is 2. The fourth-order valence-electron chi connectivity index (χ4n) is 4.62. The highest BCUT2D eigenvalue weighted by Crippen LogP contribution is 2.38. The number of thioether (sulfide) groups is 1. The van der Waals surface area contributed by atoms with Crippen LogP contribution in [0.4, 0.5) is 16.2 Å². The van der Waals surface area contributed by atoms with Crippen molar-refractivity contribution in [3.63, 3.8) is 0 Å². The fraction of sp³-hybridized carbons (Fsp3) is 0.258. The Kier molecular flexibility index (Phi) is 10.5. The van der Waals surface area contributed by atoms with Gasteiger partial charge in [-0.25, -0.2) is 0 Å². The minimum Gasteiger partial charge on any atom is -0.490 e. The number of nitrogens with zero attached hydrogens (tertiary/aromatic N) is 2. The van der Waals surface area contributed by atoms with Crippen LogP contribution in [0.1, 0.15) is 18.1 Å². The number of rotatable bonds is 10. The molecule has 3 amide bonds. The van der Waals surface area contributed by atoms with Gasteiger partial charge in [-0.3, -0.25) is 19.3 Å². The molecule has 2 aliphatic heterocycles. The molecule has 0 bridgehead atoms. The number of morpholine rings is 1. The summed E-state index contributed by atoms with van der Waals surface area (Å²) in [6.07, 6.45) is 1.62. The van der Waals surface area contributed by atoms with E-state index in [1.54, 1.807) is 24.3 Å². The van der Waals surface area contributed by atoms with E-state index in [0.717, 1.165) is 31.5 Å². The maximum Gasteiger partial charge on any atom is 0.294 e. The molecule has 2 heterocycles. The van der Waals surface area contributed by atoms with Crippen LogP contribution in [-0.2, 0) is 20.9 Å². The summed E-state index contributed by atoms with van der Waals surface area (Å²) < 4.78 is 18.1. The largest absolute Gasteiger partial charge is 0.490 e. The fourth-order valence-corrected chi connectivity index (χ4v) is 6.43. The number of amides is 3. The molecule has 0 radical (unpaired) electrons. The van der Waals surface area contributed by atoms with Crippen molar-refractivity contribution >= 4 is 80.5 Å². The van der Waals surface area contributed by atoms with Crippen molar-refractivity contribution in [2.75, 3.05) is 49.7 Å². The monoisotopic (exact) mass is 733 g/mol. The van der Waals surface area contributed by atoms with Gasteiger partial charge in [-0.15, -0.1) is 0 Å². The minimum atomic E-state index is -0.529. The first kappa shape index (κ1) is 31.2. The molecule has 0 atom stereocenters. The summed E-state index contributed by atoms with van der Waals surface area (Å²) in [5.74, 6) is 0.0722. The lowest BCUT2D eigenvalue weighted by Crippen LogP contribution is -2.38. The lowest BCUT2D eigenvalue weighted by atomic mass is 10.1. The topological polar surface area (TPSA) is 97.4 Å². The van der Waals surface area contributed by atoms with E-state index in [-0.39, 0.29) is 11.5 Å². The molecule has 2 saturated heterocycles. The Labute approximate surface area is 272 Å². The van der Waals surface area contributed by atoms with E-state index in [1.165, 1.54) is 0 Å². The molecule has 0 saturated carbocycles. The van der Waals surface area contributed by atoms with Crippen molar-refractivity contribution in [3.8, 4) is 11.5 Å². The van der Waals surface area contributed by atoms with E-state index in [4.69, 9.17) is 25.8 Å². The first-order valence-corrected chi connectivity index (χ1v) is 15.9. The number of ether oxygens (including phenoxy) is 3. The van der Waals surface area contributed by atoms with E-state index in [1.807, 2.05) is 49.4 Å². The maximum absolute atomic E-state index is 13.2. The summed E-state index contributed by atoms with van der Waals surface area (Å²) in [4.78, 5) is 42.3. The van der Waals surface area contributed by atoms with Crippen LogP contribution >= 0.6 is 46.0 Å². The summed E-state index contributed by atoms with van der Waals surface area (Å²) >= 11 is 9.23. The average molecular weight is 734 g/mol. The third-order valence-corrected chi connectivity index (χ3v) is 8.74. The Bertz CT molecular complexity index is 1560. The number of nitrogens with one attached hydrogen (secondary N) is 1. The molecule has 5 rings (SSSR count). The van der Waals surface area contributed by atoms with Crippen LogP contribution in [-0.4, -0.2) is 61.4 Å². The van der Waals surface area contributed by atoms with Gasteiger partial charge < -0.3 is 24.4 Å². The van der Waals surface area contributed by atoms with E-state index < -0.39 is 23.6 Å². The zero-order chi connectivity index (χ0) is 30.3. The molecule has 12 heteroatoms. The second-order valence-electron chi connectivity index (χ2n) is 9.58. The van der Waals surface area contributed by atoms with Crippen LogP contribution in [0.3, 0.4) is 0 Å². The van der Waals surface area contributed by atoms with Crippen LogP contribution in [0.25, 0.3) is 6.08 Å². The van der Waals surface area contributed by atoms with Crippen LogP contribution < -0.4 is 19.7 Å². The van der Waals surface area contributed by atoms with Crippen molar-refractivity contribution in [3.05, 3.63) is 85.3 Å². The molecule has 3 aromatic rings. The van der Waals surface area contributed by atoms with Crippen molar-refractivity contribution in [1.82, 2.24) is 4.90 Å². The normalized spacial score (nSPS) is 16.1. The molecule has 43 heavy (non-hydrogen) atoms. The SMILES string of the molecule is CCOc1cc(/C=C2/SC(=O)N(CC(=O)Nc3ccccc3N3CCOCC3)C2=O)cc(I)c1OCc1ccccc1Cl. The molecule has 3 aromatic carbocycles. The summed E-state index contributed by atoms with van der Waals surface area (Å²) in [5, 5.41) is 2.97. The predicted molar refractivity (Wildman–Crippen MR) is 177 cm³/mol. The van der Waals surface area contributed by atoms with Gasteiger partial charge in [0.1, 0.15) is 13.2 Å². The van der Waals surface area contributed by atoms with Crippen molar-refractivity contribution < 1.29 is 28.6 Å². The number of benzene rings is 3. The zero-order valence-corrected chi connectivity index (χ0v) is 27.0. The lowest BCUT2D eigenvalue weighted by Gasteiger charge is -2.30. The molecule has 0 aromatic heterocycles. The molecule has 0 unspecified atom stereocenters. The van der Waals surface area contributed by atoms with Gasteiger partial charge in [0, 0.05) is 23.7 Å². The van der Waals surface area contributed by atoms with Gasteiger partial charge in [-0.05, 0) is 83.2 Å². The predicted octanol–water partition coefficient (Wildman–Crippen LogP) is 6.43. The van der Waals surface area contributed by atoms with Gasteiger partial charge >= 0.3 is 0 Å². The molecule has 2 aliphatic rings. The Hall–Kier alpha value is -3.26. The van der Waals surface area contributed by atoms with E-state index in [2.05, 4.69) is 32.8 Å². The number of carbonyl (C=O) groups excluding carboxylic acids is 3. The highest BCUT2D eigenvalue weighted by molar-refractivity contribution is 14.1. The van der Waals surface area contributed by atoms with Gasteiger partial charge in [0.05, 0.1) is 39.7 Å². The number of carbonyl (C=O) groups is 3. The van der Waals surface area contributed by atoms with Crippen molar-refractivity contribution in [2.45, 2.75) is 13.5 Å². The van der Waals surface area contributed by atoms with Crippen molar-refractivity contribution in [2.24, 2.45) is 0 Å². The Morgan fingerprint density at radius 1 is 1.09 bits per heavy atom. The molecule has 224 valence electrons.